The molecule has 106 valence electrons. The molecule has 0 bridgehead atoms. The summed E-state index contributed by atoms with van der Waals surface area (Å²) in [6, 6.07) is 2.89. The molecule has 20 heavy (non-hydrogen) atoms. The minimum atomic E-state index is -0.846. The van der Waals surface area contributed by atoms with Crippen LogP contribution in [-0.2, 0) is 6.73 Å². The van der Waals surface area contributed by atoms with Crippen LogP contribution >= 0.6 is 0 Å². The smallest absolute Gasteiger partial charge is 0.312 e. The highest BCUT2D eigenvalue weighted by Crippen LogP contribution is 2.23. The Morgan fingerprint density at radius 2 is 2.10 bits per heavy atom. The van der Waals surface area contributed by atoms with Gasteiger partial charge < -0.3 is 4.74 Å². The van der Waals surface area contributed by atoms with Crippen LogP contribution in [0, 0.1) is 35.6 Å². The number of nitrogens with zero attached hydrogens (tertiary/aromatic N) is 3. The molecule has 1 aromatic carbocycles. The Morgan fingerprint density at radius 1 is 1.40 bits per heavy atom. The second kappa shape index (κ2) is 5.24. The predicted molar refractivity (Wildman–Crippen MR) is 65.3 cm³/mol. The minimum absolute atomic E-state index is 0.104. The third-order valence-electron chi connectivity index (χ3n) is 2.76. The van der Waals surface area contributed by atoms with Crippen molar-refractivity contribution in [1.29, 1.82) is 0 Å². The fourth-order valence-electron chi connectivity index (χ4n) is 1.80. The second-order valence-corrected chi connectivity index (χ2v) is 4.12. The highest BCUT2D eigenvalue weighted by Gasteiger charge is 2.21. The number of ether oxygens (including phenoxy) is 1. The molecule has 2 rings (SSSR count). The fraction of sp³-hybridized carbons (Fsp3) is 0.250. The quantitative estimate of drug-likeness (QED) is 0.639. The summed E-state index contributed by atoms with van der Waals surface area (Å²) in [6.45, 7) is 2.81. The SMILES string of the molecule is Cc1nn(COc2ccc(F)cc2F)c(C)c1[N+](=O)[O-]. The van der Waals surface area contributed by atoms with Crippen molar-refractivity contribution in [3.63, 3.8) is 0 Å². The minimum Gasteiger partial charge on any atom is -0.468 e. The summed E-state index contributed by atoms with van der Waals surface area (Å²) < 4.78 is 32.5. The normalized spacial score (nSPS) is 10.6. The molecule has 1 aromatic heterocycles. The Balaban J connectivity index is 2.19. The molecule has 0 unspecified atom stereocenters. The van der Waals surface area contributed by atoms with E-state index in [0.717, 1.165) is 12.1 Å². The van der Waals surface area contributed by atoms with Gasteiger partial charge in [0.1, 0.15) is 17.2 Å². The van der Waals surface area contributed by atoms with Crippen molar-refractivity contribution in [2.75, 3.05) is 0 Å². The van der Waals surface area contributed by atoms with E-state index in [0.29, 0.717) is 11.8 Å². The number of hydrogen-bond acceptors (Lipinski definition) is 4. The van der Waals surface area contributed by atoms with Crippen LogP contribution in [0.15, 0.2) is 18.2 Å². The highest BCUT2D eigenvalue weighted by atomic mass is 19.1. The molecule has 0 amide bonds. The number of aromatic nitrogens is 2. The van der Waals surface area contributed by atoms with Crippen molar-refractivity contribution in [1.82, 2.24) is 9.78 Å². The van der Waals surface area contributed by atoms with Gasteiger partial charge in [-0.2, -0.15) is 5.10 Å². The summed E-state index contributed by atoms with van der Waals surface area (Å²) in [4.78, 5) is 10.3. The van der Waals surface area contributed by atoms with E-state index in [-0.39, 0.29) is 23.9 Å². The van der Waals surface area contributed by atoms with Gasteiger partial charge in [0, 0.05) is 6.07 Å². The number of rotatable bonds is 4. The summed E-state index contributed by atoms with van der Waals surface area (Å²) >= 11 is 0. The van der Waals surface area contributed by atoms with Crippen LogP contribution in [0.2, 0.25) is 0 Å². The summed E-state index contributed by atoms with van der Waals surface area (Å²) in [5, 5.41) is 14.8. The Morgan fingerprint density at radius 3 is 2.65 bits per heavy atom. The fourth-order valence-corrected chi connectivity index (χ4v) is 1.80. The largest absolute Gasteiger partial charge is 0.468 e. The van der Waals surface area contributed by atoms with Gasteiger partial charge >= 0.3 is 5.69 Å². The molecule has 2 aromatic rings. The predicted octanol–water partition coefficient (Wildman–Crippen LogP) is 2.72. The lowest BCUT2D eigenvalue weighted by Crippen LogP contribution is -2.09. The van der Waals surface area contributed by atoms with E-state index in [9.17, 15) is 18.9 Å². The van der Waals surface area contributed by atoms with Crippen LogP contribution in [0.25, 0.3) is 0 Å². The Hall–Kier alpha value is -2.51. The third kappa shape index (κ3) is 2.58. The molecule has 6 nitrogen and oxygen atoms in total. The van der Waals surface area contributed by atoms with Gasteiger partial charge in [-0.1, -0.05) is 0 Å². The zero-order chi connectivity index (χ0) is 14.9. The van der Waals surface area contributed by atoms with Gasteiger partial charge in [0.2, 0.25) is 0 Å². The summed E-state index contributed by atoms with van der Waals surface area (Å²) in [7, 11) is 0. The standard InChI is InChI=1S/C12H11F2N3O3/c1-7-12(17(18)19)8(2)16(15-7)6-20-11-4-3-9(13)5-10(11)14/h3-5H,6H2,1-2H3. The average Bonchev–Trinajstić information content (AvgIpc) is 2.63. The van der Waals surface area contributed by atoms with Crippen molar-refractivity contribution in [3.05, 3.63) is 51.3 Å². The maximum atomic E-state index is 13.4. The Bertz CT molecular complexity index is 670. The second-order valence-electron chi connectivity index (χ2n) is 4.12. The first-order chi connectivity index (χ1) is 9.40. The first kappa shape index (κ1) is 13.9. The molecule has 0 aliphatic heterocycles. The summed E-state index contributed by atoms with van der Waals surface area (Å²) in [6.07, 6.45) is 0. The van der Waals surface area contributed by atoms with Crippen LogP contribution in [0.1, 0.15) is 11.4 Å². The van der Waals surface area contributed by atoms with Gasteiger partial charge in [-0.3, -0.25) is 10.1 Å². The maximum Gasteiger partial charge on any atom is 0.312 e. The molecule has 8 heteroatoms. The summed E-state index contributed by atoms with van der Waals surface area (Å²) in [5.74, 6) is -1.71. The Labute approximate surface area is 112 Å². The molecule has 0 spiro atoms. The van der Waals surface area contributed by atoms with Crippen LogP contribution in [0.4, 0.5) is 14.5 Å². The summed E-state index contributed by atoms with van der Waals surface area (Å²) in [5.41, 5.74) is 0.443. The molecule has 0 aliphatic rings. The number of halogens is 2. The van der Waals surface area contributed by atoms with Gasteiger partial charge in [-0.15, -0.1) is 0 Å². The van der Waals surface area contributed by atoms with Crippen molar-refractivity contribution in [3.8, 4) is 5.75 Å². The zero-order valence-electron chi connectivity index (χ0n) is 10.8. The van der Waals surface area contributed by atoms with E-state index in [1.165, 1.54) is 18.5 Å². The van der Waals surface area contributed by atoms with Crippen molar-refractivity contribution >= 4 is 5.69 Å². The van der Waals surface area contributed by atoms with Crippen LogP contribution < -0.4 is 4.74 Å². The first-order valence-electron chi connectivity index (χ1n) is 5.66. The van der Waals surface area contributed by atoms with Crippen LogP contribution in [0.3, 0.4) is 0 Å². The molecule has 1 heterocycles. The molecular formula is C12H11F2N3O3. The highest BCUT2D eigenvalue weighted by molar-refractivity contribution is 5.39. The van der Waals surface area contributed by atoms with Gasteiger partial charge in [0.25, 0.3) is 0 Å². The molecule has 0 saturated heterocycles. The number of nitro groups is 1. The van der Waals surface area contributed by atoms with Crippen LogP contribution in [-0.4, -0.2) is 14.7 Å². The number of hydrogen-bond donors (Lipinski definition) is 0. The van der Waals surface area contributed by atoms with E-state index in [2.05, 4.69) is 5.10 Å². The lowest BCUT2D eigenvalue weighted by atomic mass is 10.3. The molecule has 0 atom stereocenters. The molecular weight excluding hydrogens is 272 g/mol. The molecule has 0 radical (unpaired) electrons. The van der Waals surface area contributed by atoms with E-state index >= 15 is 0 Å². The molecule has 0 saturated carbocycles. The van der Waals surface area contributed by atoms with Gasteiger partial charge in [0.05, 0.1) is 4.92 Å². The van der Waals surface area contributed by atoms with Crippen molar-refractivity contribution in [2.24, 2.45) is 0 Å². The number of aryl methyl sites for hydroxylation is 1. The van der Waals surface area contributed by atoms with E-state index < -0.39 is 16.6 Å². The Kier molecular flexibility index (Phi) is 3.64. The molecule has 0 aliphatic carbocycles. The van der Waals surface area contributed by atoms with E-state index in [1.807, 2.05) is 0 Å². The van der Waals surface area contributed by atoms with Crippen molar-refractivity contribution in [2.45, 2.75) is 20.6 Å². The van der Waals surface area contributed by atoms with Gasteiger partial charge in [-0.25, -0.2) is 13.5 Å². The number of benzene rings is 1. The first-order valence-corrected chi connectivity index (χ1v) is 5.66. The van der Waals surface area contributed by atoms with Crippen molar-refractivity contribution < 1.29 is 18.4 Å². The molecule has 0 fully saturated rings. The lowest BCUT2D eigenvalue weighted by Gasteiger charge is -2.08. The zero-order valence-corrected chi connectivity index (χ0v) is 10.8. The van der Waals surface area contributed by atoms with Crippen LogP contribution in [0.5, 0.6) is 5.75 Å². The van der Waals surface area contributed by atoms with Gasteiger partial charge in [-0.05, 0) is 26.0 Å². The third-order valence-corrected chi connectivity index (χ3v) is 2.76. The van der Waals surface area contributed by atoms with Gasteiger partial charge in [0.15, 0.2) is 18.3 Å². The molecule has 0 N–H and O–H groups in total. The average molecular weight is 283 g/mol. The maximum absolute atomic E-state index is 13.4. The lowest BCUT2D eigenvalue weighted by molar-refractivity contribution is -0.386. The van der Waals surface area contributed by atoms with E-state index in [4.69, 9.17) is 4.74 Å². The topological polar surface area (TPSA) is 70.2 Å². The monoisotopic (exact) mass is 283 g/mol. The van der Waals surface area contributed by atoms with E-state index in [1.54, 1.807) is 0 Å².